The van der Waals surface area contributed by atoms with Gasteiger partial charge in [-0.05, 0) is 13.0 Å². The first-order valence-electron chi connectivity index (χ1n) is 3.16. The molecule has 0 aliphatic carbocycles. The number of thiol groups is 1. The van der Waals surface area contributed by atoms with Crippen molar-refractivity contribution < 1.29 is 4.92 Å². The van der Waals surface area contributed by atoms with Crippen molar-refractivity contribution in [3.05, 3.63) is 32.8 Å². The van der Waals surface area contributed by atoms with E-state index in [2.05, 4.69) is 12.6 Å². The second-order valence-electron chi connectivity index (χ2n) is 2.32. The number of nitro benzene ring substituents is 1. The Bertz CT molecular complexity index is 340. The molecule has 5 heteroatoms. The maximum Gasteiger partial charge on any atom is 0.287 e. The standard InChI is InChI=1S/C7H6ClNO2S/c1-4-2-3-5(8)7(12)6(4)9(10)11/h2-3,12H,1H3. The summed E-state index contributed by atoms with van der Waals surface area (Å²) in [5.74, 6) is 0. The van der Waals surface area contributed by atoms with Gasteiger partial charge in [-0.25, -0.2) is 0 Å². The van der Waals surface area contributed by atoms with Gasteiger partial charge in [0.2, 0.25) is 0 Å². The zero-order valence-electron chi connectivity index (χ0n) is 6.24. The minimum Gasteiger partial charge on any atom is -0.258 e. The van der Waals surface area contributed by atoms with Crippen molar-refractivity contribution in [2.75, 3.05) is 0 Å². The maximum atomic E-state index is 10.5. The summed E-state index contributed by atoms with van der Waals surface area (Å²) in [5.41, 5.74) is 0.542. The molecular formula is C7H6ClNO2S. The molecule has 0 saturated heterocycles. The molecule has 0 amide bonds. The number of hydrogen-bond donors (Lipinski definition) is 1. The maximum absolute atomic E-state index is 10.5. The lowest BCUT2D eigenvalue weighted by atomic mass is 10.2. The summed E-state index contributed by atoms with van der Waals surface area (Å²) in [6, 6.07) is 3.19. The number of aryl methyl sites for hydroxylation is 1. The van der Waals surface area contributed by atoms with Gasteiger partial charge in [0, 0.05) is 5.56 Å². The van der Waals surface area contributed by atoms with Crippen LogP contribution in [0.25, 0.3) is 0 Å². The fraction of sp³-hybridized carbons (Fsp3) is 0.143. The molecule has 0 saturated carbocycles. The highest BCUT2D eigenvalue weighted by molar-refractivity contribution is 7.80. The summed E-state index contributed by atoms with van der Waals surface area (Å²) >= 11 is 9.60. The first kappa shape index (κ1) is 9.35. The van der Waals surface area contributed by atoms with Gasteiger partial charge in [-0.2, -0.15) is 0 Å². The lowest BCUT2D eigenvalue weighted by Gasteiger charge is -2.00. The lowest BCUT2D eigenvalue weighted by Crippen LogP contribution is -1.93. The summed E-state index contributed by atoms with van der Waals surface area (Å²) in [4.78, 5) is 10.2. The predicted molar refractivity (Wildman–Crippen MR) is 50.1 cm³/mol. The number of hydrogen-bond acceptors (Lipinski definition) is 3. The molecule has 0 spiro atoms. The van der Waals surface area contributed by atoms with Crippen LogP contribution < -0.4 is 0 Å². The molecule has 1 rings (SSSR count). The van der Waals surface area contributed by atoms with Crippen LogP contribution in [0.3, 0.4) is 0 Å². The van der Waals surface area contributed by atoms with E-state index in [-0.39, 0.29) is 10.6 Å². The van der Waals surface area contributed by atoms with Crippen molar-refractivity contribution in [1.82, 2.24) is 0 Å². The largest absolute Gasteiger partial charge is 0.287 e. The molecule has 12 heavy (non-hydrogen) atoms. The van der Waals surface area contributed by atoms with E-state index in [1.165, 1.54) is 0 Å². The zero-order valence-corrected chi connectivity index (χ0v) is 7.89. The summed E-state index contributed by atoms with van der Waals surface area (Å²) in [7, 11) is 0. The normalized spacial score (nSPS) is 9.92. The van der Waals surface area contributed by atoms with Crippen LogP contribution >= 0.6 is 24.2 Å². The van der Waals surface area contributed by atoms with Gasteiger partial charge < -0.3 is 0 Å². The minimum atomic E-state index is -0.483. The van der Waals surface area contributed by atoms with Crippen molar-refractivity contribution in [1.29, 1.82) is 0 Å². The molecule has 0 atom stereocenters. The number of nitro groups is 1. The molecule has 0 bridgehead atoms. The Morgan fingerprint density at radius 2 is 2.17 bits per heavy atom. The molecule has 3 nitrogen and oxygen atoms in total. The summed E-state index contributed by atoms with van der Waals surface area (Å²) in [6.07, 6.45) is 0. The highest BCUT2D eigenvalue weighted by Crippen LogP contribution is 2.32. The Labute approximate surface area is 79.9 Å². The van der Waals surface area contributed by atoms with E-state index in [1.54, 1.807) is 19.1 Å². The molecule has 0 N–H and O–H groups in total. The summed E-state index contributed by atoms with van der Waals surface area (Å²) < 4.78 is 0. The number of nitrogens with zero attached hydrogens (tertiary/aromatic N) is 1. The van der Waals surface area contributed by atoms with Gasteiger partial charge in [0.15, 0.2) is 0 Å². The van der Waals surface area contributed by atoms with Gasteiger partial charge in [-0.15, -0.1) is 12.6 Å². The number of halogens is 1. The van der Waals surface area contributed by atoms with E-state index in [0.29, 0.717) is 10.6 Å². The Morgan fingerprint density at radius 1 is 1.58 bits per heavy atom. The minimum absolute atomic E-state index is 0.0224. The van der Waals surface area contributed by atoms with E-state index in [9.17, 15) is 10.1 Å². The van der Waals surface area contributed by atoms with Gasteiger partial charge in [0.25, 0.3) is 5.69 Å². The van der Waals surface area contributed by atoms with E-state index in [1.807, 2.05) is 0 Å². The van der Waals surface area contributed by atoms with Gasteiger partial charge in [-0.3, -0.25) is 10.1 Å². The summed E-state index contributed by atoms with van der Waals surface area (Å²) in [6.45, 7) is 1.65. The average Bonchev–Trinajstić information content (AvgIpc) is 1.97. The van der Waals surface area contributed by atoms with Gasteiger partial charge in [0.1, 0.15) is 4.90 Å². The molecule has 0 heterocycles. The Balaban J connectivity index is 3.43. The Morgan fingerprint density at radius 3 is 2.58 bits per heavy atom. The van der Waals surface area contributed by atoms with Gasteiger partial charge in [0.05, 0.1) is 9.95 Å². The third-order valence-corrected chi connectivity index (χ3v) is 2.39. The van der Waals surface area contributed by atoms with Crippen molar-refractivity contribution in [2.45, 2.75) is 11.8 Å². The third-order valence-electron chi connectivity index (χ3n) is 1.49. The zero-order chi connectivity index (χ0) is 9.30. The fourth-order valence-electron chi connectivity index (χ4n) is 0.886. The SMILES string of the molecule is Cc1ccc(Cl)c(S)c1[N+](=O)[O-]. The predicted octanol–water partition coefficient (Wildman–Crippen LogP) is 2.85. The van der Waals surface area contributed by atoms with Crippen LogP contribution in [0.2, 0.25) is 5.02 Å². The van der Waals surface area contributed by atoms with Crippen LogP contribution in [0.5, 0.6) is 0 Å². The molecule has 0 radical (unpaired) electrons. The molecule has 0 fully saturated rings. The molecule has 0 aromatic heterocycles. The van der Waals surface area contributed by atoms with Crippen LogP contribution in [0.1, 0.15) is 5.56 Å². The first-order valence-corrected chi connectivity index (χ1v) is 3.99. The molecule has 0 aliphatic rings. The van der Waals surface area contributed by atoms with E-state index < -0.39 is 4.92 Å². The Kier molecular flexibility index (Phi) is 2.59. The van der Waals surface area contributed by atoms with Crippen molar-refractivity contribution in [2.24, 2.45) is 0 Å². The average molecular weight is 204 g/mol. The van der Waals surface area contributed by atoms with E-state index in [0.717, 1.165) is 0 Å². The quantitative estimate of drug-likeness (QED) is 0.433. The van der Waals surface area contributed by atoms with E-state index in [4.69, 9.17) is 11.6 Å². The number of rotatable bonds is 1. The topological polar surface area (TPSA) is 43.1 Å². The molecule has 0 unspecified atom stereocenters. The second kappa shape index (κ2) is 3.33. The number of benzene rings is 1. The monoisotopic (exact) mass is 203 g/mol. The van der Waals surface area contributed by atoms with Gasteiger partial charge in [-0.1, -0.05) is 17.7 Å². The van der Waals surface area contributed by atoms with Gasteiger partial charge >= 0.3 is 0 Å². The molecule has 1 aromatic rings. The molecule has 1 aromatic carbocycles. The fourth-order valence-corrected chi connectivity index (χ4v) is 1.37. The van der Waals surface area contributed by atoms with Crippen molar-refractivity contribution in [3.63, 3.8) is 0 Å². The van der Waals surface area contributed by atoms with Crippen LogP contribution in [0.4, 0.5) is 5.69 Å². The molecule has 0 aliphatic heterocycles. The first-order chi connectivity index (χ1) is 5.54. The highest BCUT2D eigenvalue weighted by atomic mass is 35.5. The van der Waals surface area contributed by atoms with E-state index >= 15 is 0 Å². The smallest absolute Gasteiger partial charge is 0.258 e. The third kappa shape index (κ3) is 1.54. The van der Waals surface area contributed by atoms with Crippen molar-refractivity contribution in [3.8, 4) is 0 Å². The van der Waals surface area contributed by atoms with Crippen LogP contribution in [0.15, 0.2) is 17.0 Å². The van der Waals surface area contributed by atoms with Crippen LogP contribution in [0, 0.1) is 17.0 Å². The molecule has 64 valence electrons. The van der Waals surface area contributed by atoms with Crippen LogP contribution in [-0.4, -0.2) is 4.92 Å². The van der Waals surface area contributed by atoms with Crippen molar-refractivity contribution >= 4 is 29.9 Å². The second-order valence-corrected chi connectivity index (χ2v) is 3.17. The Hall–Kier alpha value is -0.740. The summed E-state index contributed by atoms with van der Waals surface area (Å²) in [5, 5.41) is 10.8. The van der Waals surface area contributed by atoms with Crippen LogP contribution in [-0.2, 0) is 0 Å². The highest BCUT2D eigenvalue weighted by Gasteiger charge is 2.16. The lowest BCUT2D eigenvalue weighted by molar-refractivity contribution is -0.388. The molecular weight excluding hydrogens is 198 g/mol.